The smallest absolute Gasteiger partial charge is 0.282 e. The number of anilines is 4. The molecule has 0 saturated carbocycles. The summed E-state index contributed by atoms with van der Waals surface area (Å²) in [5.74, 6) is -0.391. The van der Waals surface area contributed by atoms with Gasteiger partial charge in [-0.3, -0.25) is 4.79 Å². The van der Waals surface area contributed by atoms with Crippen molar-refractivity contribution in [2.75, 3.05) is 66.3 Å². The number of nitrogens with one attached hydrogen (secondary N) is 1. The topological polar surface area (TPSA) is 103 Å². The van der Waals surface area contributed by atoms with Gasteiger partial charge in [0.25, 0.3) is 5.92 Å². The van der Waals surface area contributed by atoms with E-state index >= 15 is 0 Å². The lowest BCUT2D eigenvalue weighted by molar-refractivity contribution is -0.0267. The van der Waals surface area contributed by atoms with E-state index in [9.17, 15) is 18.0 Å². The van der Waals surface area contributed by atoms with Crippen molar-refractivity contribution in [3.63, 3.8) is 0 Å². The first-order chi connectivity index (χ1) is 16.9. The highest BCUT2D eigenvalue weighted by molar-refractivity contribution is 5.74. The molecule has 2 aliphatic heterocycles. The average molecular weight is 487 g/mol. The summed E-state index contributed by atoms with van der Waals surface area (Å²) in [5.41, 5.74) is 0.445. The summed E-state index contributed by atoms with van der Waals surface area (Å²) >= 11 is 0. The minimum atomic E-state index is -2.59. The van der Waals surface area contributed by atoms with Crippen molar-refractivity contribution in [3.05, 3.63) is 54.6 Å². The molecule has 3 aromatic rings. The fourth-order valence-electron chi connectivity index (χ4n) is 3.60. The van der Waals surface area contributed by atoms with Crippen LogP contribution in [0, 0.1) is 5.95 Å². The second-order valence-corrected chi connectivity index (χ2v) is 7.96. The summed E-state index contributed by atoms with van der Waals surface area (Å²) in [4.78, 5) is 36.1. The molecule has 0 aliphatic carbocycles. The van der Waals surface area contributed by atoms with E-state index in [2.05, 4.69) is 35.1 Å². The van der Waals surface area contributed by atoms with E-state index in [-0.39, 0.29) is 13.1 Å². The number of hydrogen-bond acceptors (Lipinski definition) is 10. The van der Waals surface area contributed by atoms with Crippen molar-refractivity contribution in [1.82, 2.24) is 24.9 Å². The maximum atomic E-state index is 13.1. The third kappa shape index (κ3) is 6.11. The Morgan fingerprint density at radius 3 is 2.06 bits per heavy atom. The van der Waals surface area contributed by atoms with Crippen LogP contribution in [0.25, 0.3) is 0 Å². The Labute approximate surface area is 199 Å². The van der Waals surface area contributed by atoms with Gasteiger partial charge in [-0.1, -0.05) is 0 Å². The first-order valence-electron chi connectivity index (χ1n) is 10.9. The van der Waals surface area contributed by atoms with E-state index in [1.165, 1.54) is 23.5 Å². The van der Waals surface area contributed by atoms with Gasteiger partial charge >= 0.3 is 0 Å². The van der Waals surface area contributed by atoms with Gasteiger partial charge in [0.05, 0.1) is 25.5 Å². The Morgan fingerprint density at radius 1 is 0.857 bits per heavy atom. The lowest BCUT2D eigenvalue weighted by Crippen LogP contribution is -2.56. The lowest BCUT2D eigenvalue weighted by Gasteiger charge is -2.39. The van der Waals surface area contributed by atoms with Crippen molar-refractivity contribution in [2.24, 2.45) is 0 Å². The van der Waals surface area contributed by atoms with Gasteiger partial charge in [-0.25, -0.2) is 33.7 Å². The molecule has 0 aromatic carbocycles. The molecule has 0 atom stereocenters. The Hall–Kier alpha value is -4.03. The Morgan fingerprint density at radius 2 is 1.54 bits per heavy atom. The fourth-order valence-corrected chi connectivity index (χ4v) is 3.60. The van der Waals surface area contributed by atoms with Crippen molar-refractivity contribution >= 4 is 29.6 Å². The minimum absolute atomic E-state index is 0.291. The summed E-state index contributed by atoms with van der Waals surface area (Å²) in [5, 5.41) is 2.94. The van der Waals surface area contributed by atoms with E-state index in [0.717, 1.165) is 37.8 Å². The predicted octanol–water partition coefficient (Wildman–Crippen LogP) is 2.12. The largest absolute Gasteiger partial charge is 0.372 e. The van der Waals surface area contributed by atoms with Gasteiger partial charge < -0.3 is 20.0 Å². The molecule has 13 heteroatoms. The third-order valence-electron chi connectivity index (χ3n) is 5.52. The molecule has 0 amide bonds. The maximum Gasteiger partial charge on any atom is 0.282 e. The van der Waals surface area contributed by atoms with Gasteiger partial charge in [0, 0.05) is 51.1 Å². The Kier molecular flexibility index (Phi) is 7.22. The first-order valence-corrected chi connectivity index (χ1v) is 10.9. The molecule has 2 fully saturated rings. The summed E-state index contributed by atoms with van der Waals surface area (Å²) in [6.45, 7) is 2.51. The quantitative estimate of drug-likeness (QED) is 0.425. The number of pyridine rings is 1. The van der Waals surface area contributed by atoms with Crippen molar-refractivity contribution in [3.8, 4) is 0 Å². The summed E-state index contributed by atoms with van der Waals surface area (Å²) in [6.07, 6.45) is 6.76. The van der Waals surface area contributed by atoms with Crippen LogP contribution in [0.1, 0.15) is 10.4 Å². The minimum Gasteiger partial charge on any atom is -0.372 e. The SMILES string of the molecule is CNc1cnc(N2CCN(c3cc(F)ncn3)CC2)cn1.O=Cc1ccc(N2CC(F)(F)C2)nc1. The van der Waals surface area contributed by atoms with Gasteiger partial charge in [-0.2, -0.15) is 4.39 Å². The molecule has 5 rings (SSSR count). The van der Waals surface area contributed by atoms with Crippen LogP contribution in [0.2, 0.25) is 0 Å². The highest BCUT2D eigenvalue weighted by atomic mass is 19.3. The van der Waals surface area contributed by atoms with Gasteiger partial charge in [0.1, 0.15) is 29.6 Å². The Bertz CT molecular complexity index is 1120. The zero-order valence-corrected chi connectivity index (χ0v) is 19.0. The number of aromatic nitrogens is 5. The number of carbonyl (C=O) groups excluding carboxylic acids is 1. The molecule has 184 valence electrons. The molecule has 2 saturated heterocycles. The summed E-state index contributed by atoms with van der Waals surface area (Å²) < 4.78 is 38.1. The average Bonchev–Trinajstić information content (AvgIpc) is 2.88. The molecular formula is C22H24F3N9O. The van der Waals surface area contributed by atoms with Crippen molar-refractivity contribution in [1.29, 1.82) is 0 Å². The molecule has 1 N–H and O–H groups in total. The lowest BCUT2D eigenvalue weighted by atomic mass is 10.1. The van der Waals surface area contributed by atoms with Gasteiger partial charge in [-0.15, -0.1) is 0 Å². The monoisotopic (exact) mass is 487 g/mol. The summed E-state index contributed by atoms with van der Waals surface area (Å²) in [6, 6.07) is 4.49. The van der Waals surface area contributed by atoms with E-state index in [1.54, 1.807) is 24.5 Å². The third-order valence-corrected chi connectivity index (χ3v) is 5.52. The highest BCUT2D eigenvalue weighted by Gasteiger charge is 2.44. The molecule has 0 unspecified atom stereocenters. The standard InChI is InChI=1S/C13H16FN7.C9H8F2N2O/c1-15-11-7-17-13(8-16-11)21-4-2-20(3-5-21)12-6-10(14)18-9-19-12;10-9(11)5-13(6-9)8-2-1-7(4-14)3-12-8/h6-9H,2-5H2,1H3,(H,15,16);1-4H,5-6H2. The fraction of sp³-hybridized carbons (Fsp3) is 0.364. The van der Waals surface area contributed by atoms with Crippen LogP contribution >= 0.6 is 0 Å². The van der Waals surface area contributed by atoms with Gasteiger partial charge in [0.2, 0.25) is 5.95 Å². The number of halogens is 3. The van der Waals surface area contributed by atoms with Crippen LogP contribution in [0.3, 0.4) is 0 Å². The molecule has 5 heterocycles. The second kappa shape index (κ2) is 10.5. The Balaban J connectivity index is 0.000000179. The molecule has 0 radical (unpaired) electrons. The van der Waals surface area contributed by atoms with Crippen LogP contribution < -0.4 is 20.0 Å². The number of rotatable bonds is 5. The van der Waals surface area contributed by atoms with Crippen molar-refractivity contribution in [2.45, 2.75) is 5.92 Å². The van der Waals surface area contributed by atoms with Gasteiger partial charge in [-0.05, 0) is 12.1 Å². The molecule has 35 heavy (non-hydrogen) atoms. The van der Waals surface area contributed by atoms with Crippen molar-refractivity contribution < 1.29 is 18.0 Å². The van der Waals surface area contributed by atoms with E-state index in [1.807, 2.05) is 11.9 Å². The van der Waals surface area contributed by atoms with Crippen LogP contribution in [0.5, 0.6) is 0 Å². The number of alkyl halides is 2. The zero-order chi connectivity index (χ0) is 24.8. The first kappa shape index (κ1) is 24.1. The number of carbonyl (C=O) groups is 1. The van der Waals surface area contributed by atoms with Crippen LogP contribution in [-0.4, -0.2) is 83.4 Å². The number of nitrogens with zero attached hydrogens (tertiary/aromatic N) is 8. The number of hydrogen-bond donors (Lipinski definition) is 1. The molecule has 3 aromatic heterocycles. The molecule has 2 aliphatic rings. The molecule has 10 nitrogen and oxygen atoms in total. The number of aldehydes is 1. The highest BCUT2D eigenvalue weighted by Crippen LogP contribution is 2.30. The predicted molar refractivity (Wildman–Crippen MR) is 125 cm³/mol. The van der Waals surface area contributed by atoms with E-state index in [0.29, 0.717) is 23.5 Å². The van der Waals surface area contributed by atoms with Crippen LogP contribution in [0.4, 0.5) is 36.4 Å². The second-order valence-electron chi connectivity index (χ2n) is 7.96. The van der Waals surface area contributed by atoms with E-state index < -0.39 is 11.9 Å². The van der Waals surface area contributed by atoms with Crippen LogP contribution in [-0.2, 0) is 0 Å². The molecule has 0 bridgehead atoms. The normalized spacial score (nSPS) is 16.6. The van der Waals surface area contributed by atoms with E-state index in [4.69, 9.17) is 0 Å². The maximum absolute atomic E-state index is 13.1. The van der Waals surface area contributed by atoms with Crippen LogP contribution in [0.15, 0.2) is 43.1 Å². The molecule has 0 spiro atoms. The summed E-state index contributed by atoms with van der Waals surface area (Å²) in [7, 11) is 1.81. The molecular weight excluding hydrogens is 463 g/mol. The zero-order valence-electron chi connectivity index (χ0n) is 19.0. The van der Waals surface area contributed by atoms with Gasteiger partial charge in [0.15, 0.2) is 6.29 Å². The number of piperazine rings is 1.